The minimum atomic E-state index is -0.501. The van der Waals surface area contributed by atoms with Crippen molar-refractivity contribution in [3.05, 3.63) is 53.6 Å². The van der Waals surface area contributed by atoms with Crippen molar-refractivity contribution >= 4 is 28.2 Å². The highest BCUT2D eigenvalue weighted by molar-refractivity contribution is 6.30. The van der Waals surface area contributed by atoms with Gasteiger partial charge in [-0.05, 0) is 30.3 Å². The summed E-state index contributed by atoms with van der Waals surface area (Å²) in [7, 11) is 0. The first kappa shape index (κ1) is 12.6. The summed E-state index contributed by atoms with van der Waals surface area (Å²) in [6.45, 7) is 0. The van der Waals surface area contributed by atoms with Crippen LogP contribution in [0.4, 0.5) is 10.1 Å². The zero-order valence-corrected chi connectivity index (χ0v) is 10.9. The monoisotopic (exact) mass is 289 g/mol. The minimum absolute atomic E-state index is 0.00916. The van der Waals surface area contributed by atoms with E-state index < -0.39 is 5.82 Å². The van der Waals surface area contributed by atoms with E-state index in [-0.39, 0.29) is 5.02 Å². The standard InChI is InChI=1S/C14H9ClFN3O/c15-11-6-9(2-4-12(11)16)20-14-10-3-1-8(17)5-13(10)18-7-19-14/h1-7H,17H2. The summed E-state index contributed by atoms with van der Waals surface area (Å²) in [4.78, 5) is 8.19. The maximum absolute atomic E-state index is 13.1. The summed E-state index contributed by atoms with van der Waals surface area (Å²) >= 11 is 5.71. The Labute approximate surface area is 119 Å². The molecular formula is C14H9ClFN3O. The minimum Gasteiger partial charge on any atom is -0.438 e. The van der Waals surface area contributed by atoms with Gasteiger partial charge in [-0.25, -0.2) is 14.4 Å². The van der Waals surface area contributed by atoms with Gasteiger partial charge in [0.05, 0.1) is 15.9 Å². The summed E-state index contributed by atoms with van der Waals surface area (Å²) in [5.74, 6) is 0.255. The summed E-state index contributed by atoms with van der Waals surface area (Å²) < 4.78 is 18.7. The van der Waals surface area contributed by atoms with E-state index in [2.05, 4.69) is 9.97 Å². The highest BCUT2D eigenvalue weighted by Crippen LogP contribution is 2.29. The van der Waals surface area contributed by atoms with Crippen LogP contribution in [0.5, 0.6) is 11.6 Å². The number of nitrogen functional groups attached to an aromatic ring is 1. The average Bonchev–Trinajstić information content (AvgIpc) is 2.43. The van der Waals surface area contributed by atoms with Crippen LogP contribution in [0.3, 0.4) is 0 Å². The molecule has 0 amide bonds. The molecule has 4 nitrogen and oxygen atoms in total. The first-order valence-electron chi connectivity index (χ1n) is 5.76. The second-order valence-electron chi connectivity index (χ2n) is 4.13. The van der Waals surface area contributed by atoms with E-state index in [1.165, 1.54) is 24.5 Å². The van der Waals surface area contributed by atoms with E-state index in [0.717, 1.165) is 0 Å². The first-order chi connectivity index (χ1) is 9.63. The molecule has 100 valence electrons. The van der Waals surface area contributed by atoms with Gasteiger partial charge < -0.3 is 10.5 Å². The predicted octanol–water partition coefficient (Wildman–Crippen LogP) is 3.80. The van der Waals surface area contributed by atoms with E-state index in [0.29, 0.717) is 28.2 Å². The maximum Gasteiger partial charge on any atom is 0.230 e. The number of aromatic nitrogens is 2. The summed E-state index contributed by atoms with van der Waals surface area (Å²) in [6, 6.07) is 9.33. The van der Waals surface area contributed by atoms with Crippen LogP contribution >= 0.6 is 11.6 Å². The molecule has 0 aliphatic rings. The lowest BCUT2D eigenvalue weighted by atomic mass is 10.2. The average molecular weight is 290 g/mol. The van der Waals surface area contributed by atoms with Gasteiger partial charge in [-0.1, -0.05) is 11.6 Å². The number of benzene rings is 2. The van der Waals surface area contributed by atoms with Crippen LogP contribution in [0, 0.1) is 5.82 Å². The Hall–Kier alpha value is -2.40. The first-order valence-corrected chi connectivity index (χ1v) is 6.14. The number of anilines is 1. The highest BCUT2D eigenvalue weighted by atomic mass is 35.5. The number of fused-ring (bicyclic) bond motifs is 1. The fourth-order valence-electron chi connectivity index (χ4n) is 1.78. The molecule has 0 saturated heterocycles. The molecule has 3 aromatic rings. The molecule has 0 fully saturated rings. The molecular weight excluding hydrogens is 281 g/mol. The van der Waals surface area contributed by atoms with Crippen molar-refractivity contribution in [3.63, 3.8) is 0 Å². The van der Waals surface area contributed by atoms with Crippen molar-refractivity contribution in [2.75, 3.05) is 5.73 Å². The number of ether oxygens (including phenoxy) is 1. The smallest absolute Gasteiger partial charge is 0.230 e. The van der Waals surface area contributed by atoms with Gasteiger partial charge in [-0.2, -0.15) is 0 Å². The van der Waals surface area contributed by atoms with Gasteiger partial charge in [0, 0.05) is 11.8 Å². The Bertz CT molecular complexity index is 794. The quantitative estimate of drug-likeness (QED) is 0.729. The Balaban J connectivity index is 2.04. The van der Waals surface area contributed by atoms with Crippen molar-refractivity contribution < 1.29 is 9.13 Å². The summed E-state index contributed by atoms with van der Waals surface area (Å²) in [5, 5.41) is 0.701. The normalized spacial score (nSPS) is 10.7. The molecule has 0 aliphatic heterocycles. The second-order valence-corrected chi connectivity index (χ2v) is 4.54. The number of hydrogen-bond acceptors (Lipinski definition) is 4. The van der Waals surface area contributed by atoms with Gasteiger partial charge in [-0.15, -0.1) is 0 Å². The zero-order valence-electron chi connectivity index (χ0n) is 10.2. The number of hydrogen-bond donors (Lipinski definition) is 1. The summed E-state index contributed by atoms with van der Waals surface area (Å²) in [6.07, 6.45) is 1.38. The van der Waals surface area contributed by atoms with E-state index >= 15 is 0 Å². The van der Waals surface area contributed by atoms with E-state index in [9.17, 15) is 4.39 Å². The molecule has 0 aliphatic carbocycles. The fourth-order valence-corrected chi connectivity index (χ4v) is 1.95. The molecule has 6 heteroatoms. The second kappa shape index (κ2) is 4.94. The van der Waals surface area contributed by atoms with Crippen LogP contribution in [-0.2, 0) is 0 Å². The van der Waals surface area contributed by atoms with Gasteiger partial charge in [0.1, 0.15) is 17.9 Å². The fraction of sp³-hybridized carbons (Fsp3) is 0. The lowest BCUT2D eigenvalue weighted by Crippen LogP contribution is -1.93. The van der Waals surface area contributed by atoms with Gasteiger partial charge in [0.15, 0.2) is 0 Å². The molecule has 0 unspecified atom stereocenters. The highest BCUT2D eigenvalue weighted by Gasteiger charge is 2.08. The van der Waals surface area contributed by atoms with Crippen molar-refractivity contribution in [3.8, 4) is 11.6 Å². The molecule has 20 heavy (non-hydrogen) atoms. The molecule has 2 N–H and O–H groups in total. The Morgan fingerprint density at radius 3 is 2.75 bits per heavy atom. The van der Waals surface area contributed by atoms with Gasteiger partial charge in [0.2, 0.25) is 5.88 Å². The van der Waals surface area contributed by atoms with Crippen LogP contribution in [0.1, 0.15) is 0 Å². The predicted molar refractivity (Wildman–Crippen MR) is 75.4 cm³/mol. The summed E-state index contributed by atoms with van der Waals surface area (Å²) in [5.41, 5.74) is 6.98. The molecule has 3 rings (SSSR count). The molecule has 0 bridgehead atoms. The Morgan fingerprint density at radius 1 is 1.10 bits per heavy atom. The van der Waals surface area contributed by atoms with Crippen LogP contribution in [-0.4, -0.2) is 9.97 Å². The SMILES string of the molecule is Nc1ccc2c(Oc3ccc(F)c(Cl)c3)ncnc2c1. The molecule has 0 spiro atoms. The van der Waals surface area contributed by atoms with Crippen molar-refractivity contribution in [2.45, 2.75) is 0 Å². The van der Waals surface area contributed by atoms with Crippen molar-refractivity contribution in [1.82, 2.24) is 9.97 Å². The third kappa shape index (κ3) is 2.35. The van der Waals surface area contributed by atoms with E-state index in [1.54, 1.807) is 18.2 Å². The molecule has 1 heterocycles. The van der Waals surface area contributed by atoms with Crippen molar-refractivity contribution in [2.24, 2.45) is 0 Å². The lowest BCUT2D eigenvalue weighted by molar-refractivity contribution is 0.466. The topological polar surface area (TPSA) is 61.0 Å². The zero-order chi connectivity index (χ0) is 14.1. The third-order valence-electron chi connectivity index (χ3n) is 2.73. The lowest BCUT2D eigenvalue weighted by Gasteiger charge is -2.08. The van der Waals surface area contributed by atoms with Gasteiger partial charge >= 0.3 is 0 Å². The number of nitrogens with zero attached hydrogens (tertiary/aromatic N) is 2. The van der Waals surface area contributed by atoms with Crippen LogP contribution in [0.25, 0.3) is 10.9 Å². The van der Waals surface area contributed by atoms with Crippen molar-refractivity contribution in [1.29, 1.82) is 0 Å². The van der Waals surface area contributed by atoms with E-state index in [1.807, 2.05) is 0 Å². The Kier molecular flexibility index (Phi) is 3.12. The van der Waals surface area contributed by atoms with Gasteiger partial charge in [0.25, 0.3) is 0 Å². The van der Waals surface area contributed by atoms with Gasteiger partial charge in [-0.3, -0.25) is 0 Å². The maximum atomic E-state index is 13.1. The molecule has 0 saturated carbocycles. The number of rotatable bonds is 2. The Morgan fingerprint density at radius 2 is 1.95 bits per heavy atom. The third-order valence-corrected chi connectivity index (χ3v) is 3.02. The largest absolute Gasteiger partial charge is 0.438 e. The molecule has 0 atom stereocenters. The number of halogens is 2. The van der Waals surface area contributed by atoms with Crippen LogP contribution in [0.2, 0.25) is 5.02 Å². The molecule has 2 aromatic carbocycles. The molecule has 1 aromatic heterocycles. The number of nitrogens with two attached hydrogens (primary N) is 1. The molecule has 0 radical (unpaired) electrons. The van der Waals surface area contributed by atoms with Crippen LogP contribution in [0.15, 0.2) is 42.7 Å². The van der Waals surface area contributed by atoms with Crippen LogP contribution < -0.4 is 10.5 Å². The van der Waals surface area contributed by atoms with E-state index in [4.69, 9.17) is 22.1 Å².